The third-order valence-corrected chi connectivity index (χ3v) is 7.24. The van der Waals surface area contributed by atoms with Crippen LogP contribution in [0.1, 0.15) is 58.9 Å². The summed E-state index contributed by atoms with van der Waals surface area (Å²) in [6, 6.07) is 9.08. The number of hydrogen-bond donors (Lipinski definition) is 2. The monoisotopic (exact) mass is 493 g/mol. The lowest BCUT2D eigenvalue weighted by atomic mass is 9.94. The van der Waals surface area contributed by atoms with Gasteiger partial charge in [0.05, 0.1) is 41.6 Å². The van der Waals surface area contributed by atoms with Crippen molar-refractivity contribution in [1.82, 2.24) is 14.9 Å². The van der Waals surface area contributed by atoms with Crippen molar-refractivity contribution in [2.24, 2.45) is 0 Å². The van der Waals surface area contributed by atoms with Gasteiger partial charge in [-0.3, -0.25) is 14.2 Å². The van der Waals surface area contributed by atoms with Crippen molar-refractivity contribution in [3.63, 3.8) is 0 Å². The van der Waals surface area contributed by atoms with E-state index >= 15 is 0 Å². The number of methoxy groups -OCH3 is 1. The predicted octanol–water partition coefficient (Wildman–Crippen LogP) is 3.08. The molecule has 2 aromatic carbocycles. The molecule has 1 saturated heterocycles. The highest BCUT2D eigenvalue weighted by atomic mass is 16.5. The van der Waals surface area contributed by atoms with E-state index in [0.29, 0.717) is 42.5 Å². The Morgan fingerprint density at radius 2 is 1.97 bits per heavy atom. The van der Waals surface area contributed by atoms with Crippen molar-refractivity contribution in [2.45, 2.75) is 58.3 Å². The SMILES string of the molecule is COC(C)(C)CNC(=O)c1ccc(Cc2cc3c(=O)n([C@H]4CCOC[C@@H]4O)cnc3c(C)c2C)cc1. The number of carbonyl (C=O) groups is 1. The predicted molar refractivity (Wildman–Crippen MR) is 139 cm³/mol. The summed E-state index contributed by atoms with van der Waals surface area (Å²) in [5.41, 5.74) is 4.80. The van der Waals surface area contributed by atoms with Gasteiger partial charge in [-0.25, -0.2) is 4.98 Å². The van der Waals surface area contributed by atoms with E-state index in [0.717, 1.165) is 22.3 Å². The van der Waals surface area contributed by atoms with Gasteiger partial charge in [0, 0.05) is 25.8 Å². The minimum absolute atomic E-state index is 0.147. The average molecular weight is 494 g/mol. The third-order valence-electron chi connectivity index (χ3n) is 7.24. The van der Waals surface area contributed by atoms with Gasteiger partial charge in [-0.05, 0) is 81.0 Å². The first-order chi connectivity index (χ1) is 17.1. The number of hydrogen-bond acceptors (Lipinski definition) is 6. The molecule has 2 atom stereocenters. The molecule has 2 heterocycles. The molecular formula is C28H35N3O5. The van der Waals surface area contributed by atoms with Gasteiger partial charge >= 0.3 is 0 Å². The molecule has 192 valence electrons. The number of benzene rings is 2. The summed E-state index contributed by atoms with van der Waals surface area (Å²) in [5.74, 6) is -0.147. The molecule has 8 heteroatoms. The van der Waals surface area contributed by atoms with Crippen molar-refractivity contribution in [1.29, 1.82) is 0 Å². The lowest BCUT2D eigenvalue weighted by molar-refractivity contribution is -0.0395. The Labute approximate surface area is 211 Å². The quantitative estimate of drug-likeness (QED) is 0.524. The standard InChI is InChI=1S/C28H35N3O5/c1-17-18(2)25-22(27(34)31(16-30-25)23-10-11-36-14-24(23)32)13-21(17)12-19-6-8-20(9-7-19)26(33)29-15-28(3,4)35-5/h6-9,13,16,23-24,32H,10-12,14-15H2,1-5H3,(H,29,33)/t23-,24-/m0/s1. The normalized spacial score (nSPS) is 18.4. The molecular weight excluding hydrogens is 458 g/mol. The molecule has 1 aliphatic heterocycles. The maximum atomic E-state index is 13.4. The molecule has 0 spiro atoms. The number of fused-ring (bicyclic) bond motifs is 1. The van der Waals surface area contributed by atoms with Crippen LogP contribution >= 0.6 is 0 Å². The molecule has 1 aliphatic rings. The summed E-state index contributed by atoms with van der Waals surface area (Å²) >= 11 is 0. The number of nitrogens with zero attached hydrogens (tertiary/aromatic N) is 2. The number of nitrogens with one attached hydrogen (secondary N) is 1. The van der Waals surface area contributed by atoms with E-state index in [2.05, 4.69) is 10.3 Å². The highest BCUT2D eigenvalue weighted by Crippen LogP contribution is 2.26. The zero-order valence-electron chi connectivity index (χ0n) is 21.6. The van der Waals surface area contributed by atoms with Gasteiger partial charge in [0.15, 0.2) is 0 Å². The van der Waals surface area contributed by atoms with Crippen LogP contribution in [0, 0.1) is 13.8 Å². The highest BCUT2D eigenvalue weighted by molar-refractivity contribution is 5.94. The van der Waals surface area contributed by atoms with E-state index in [4.69, 9.17) is 9.47 Å². The Bertz CT molecular complexity index is 1310. The van der Waals surface area contributed by atoms with E-state index in [-0.39, 0.29) is 24.1 Å². The van der Waals surface area contributed by atoms with Crippen molar-refractivity contribution >= 4 is 16.8 Å². The fourth-order valence-electron chi connectivity index (χ4n) is 4.53. The van der Waals surface area contributed by atoms with Crippen LogP contribution in [0.5, 0.6) is 0 Å². The van der Waals surface area contributed by atoms with Crippen LogP contribution in [0.25, 0.3) is 10.9 Å². The molecule has 0 bridgehead atoms. The molecule has 8 nitrogen and oxygen atoms in total. The Morgan fingerprint density at radius 1 is 1.25 bits per heavy atom. The molecule has 36 heavy (non-hydrogen) atoms. The Hall–Kier alpha value is -3.07. The van der Waals surface area contributed by atoms with E-state index < -0.39 is 11.7 Å². The number of aromatic nitrogens is 2. The van der Waals surface area contributed by atoms with Crippen LogP contribution in [0.15, 0.2) is 41.5 Å². The fraction of sp³-hybridized carbons (Fsp3) is 0.464. The molecule has 1 amide bonds. The first-order valence-corrected chi connectivity index (χ1v) is 12.3. The second-order valence-electron chi connectivity index (χ2n) is 10.2. The van der Waals surface area contributed by atoms with Crippen molar-refractivity contribution in [3.8, 4) is 0 Å². The van der Waals surface area contributed by atoms with Crippen LogP contribution in [-0.2, 0) is 15.9 Å². The lowest BCUT2D eigenvalue weighted by Crippen LogP contribution is -2.39. The van der Waals surface area contributed by atoms with Crippen LogP contribution < -0.4 is 10.9 Å². The summed E-state index contributed by atoms with van der Waals surface area (Å²) in [7, 11) is 1.62. The summed E-state index contributed by atoms with van der Waals surface area (Å²) in [6.45, 7) is 8.99. The highest BCUT2D eigenvalue weighted by Gasteiger charge is 2.27. The third kappa shape index (κ3) is 5.36. The van der Waals surface area contributed by atoms with E-state index in [1.54, 1.807) is 18.0 Å². The fourth-order valence-corrected chi connectivity index (χ4v) is 4.53. The molecule has 1 fully saturated rings. The minimum Gasteiger partial charge on any atom is -0.389 e. The number of ether oxygens (including phenoxy) is 2. The van der Waals surface area contributed by atoms with Crippen LogP contribution in [0.2, 0.25) is 0 Å². The van der Waals surface area contributed by atoms with Crippen molar-refractivity contribution in [2.75, 3.05) is 26.9 Å². The maximum Gasteiger partial charge on any atom is 0.261 e. The smallest absolute Gasteiger partial charge is 0.261 e. The molecule has 1 aromatic heterocycles. The second kappa shape index (κ2) is 10.5. The van der Waals surface area contributed by atoms with Gasteiger partial charge in [-0.2, -0.15) is 0 Å². The molecule has 0 saturated carbocycles. The van der Waals surface area contributed by atoms with E-state index in [1.807, 2.05) is 58.0 Å². The molecule has 3 aromatic rings. The van der Waals surface area contributed by atoms with Gasteiger partial charge in [-0.15, -0.1) is 0 Å². The molecule has 0 unspecified atom stereocenters. The first kappa shape index (κ1) is 26.0. The van der Waals surface area contributed by atoms with Gasteiger partial charge in [0.25, 0.3) is 11.5 Å². The number of amides is 1. The summed E-state index contributed by atoms with van der Waals surface area (Å²) in [6.07, 6.45) is 2.00. The molecule has 2 N–H and O–H groups in total. The molecule has 0 aliphatic carbocycles. The Balaban J connectivity index is 1.59. The maximum absolute atomic E-state index is 13.4. The van der Waals surface area contributed by atoms with E-state index in [1.165, 1.54) is 0 Å². The van der Waals surface area contributed by atoms with Crippen LogP contribution in [0.3, 0.4) is 0 Å². The number of aliphatic hydroxyl groups excluding tert-OH is 1. The Morgan fingerprint density at radius 3 is 2.64 bits per heavy atom. The Kier molecular flexibility index (Phi) is 7.59. The van der Waals surface area contributed by atoms with Crippen molar-refractivity contribution < 1.29 is 19.4 Å². The van der Waals surface area contributed by atoms with Crippen LogP contribution in [-0.4, -0.2) is 59.1 Å². The van der Waals surface area contributed by atoms with Gasteiger partial charge < -0.3 is 19.9 Å². The summed E-state index contributed by atoms with van der Waals surface area (Å²) < 4.78 is 12.2. The molecule has 0 radical (unpaired) electrons. The van der Waals surface area contributed by atoms with Gasteiger partial charge in [0.2, 0.25) is 0 Å². The number of aliphatic hydroxyl groups is 1. The van der Waals surface area contributed by atoms with Crippen molar-refractivity contribution in [3.05, 3.63) is 74.8 Å². The second-order valence-corrected chi connectivity index (χ2v) is 10.2. The average Bonchev–Trinajstić information content (AvgIpc) is 2.87. The summed E-state index contributed by atoms with van der Waals surface area (Å²) in [5, 5.41) is 13.8. The first-order valence-electron chi connectivity index (χ1n) is 12.3. The van der Waals surface area contributed by atoms with Crippen LogP contribution in [0.4, 0.5) is 0 Å². The molecule has 4 rings (SSSR count). The number of aryl methyl sites for hydroxylation is 1. The zero-order chi connectivity index (χ0) is 26.0. The van der Waals surface area contributed by atoms with Gasteiger partial charge in [-0.1, -0.05) is 12.1 Å². The van der Waals surface area contributed by atoms with Gasteiger partial charge in [0.1, 0.15) is 0 Å². The summed E-state index contributed by atoms with van der Waals surface area (Å²) in [4.78, 5) is 30.5. The number of rotatable bonds is 7. The largest absolute Gasteiger partial charge is 0.389 e. The minimum atomic E-state index is -0.738. The topological polar surface area (TPSA) is 103 Å². The van der Waals surface area contributed by atoms with E-state index in [9.17, 15) is 14.7 Å². The number of carbonyl (C=O) groups excluding carboxylic acids is 1. The zero-order valence-corrected chi connectivity index (χ0v) is 21.6. The lowest BCUT2D eigenvalue weighted by Gasteiger charge is -2.29.